The summed E-state index contributed by atoms with van der Waals surface area (Å²) in [6.07, 6.45) is 5.02. The van der Waals surface area contributed by atoms with Gasteiger partial charge in [-0.2, -0.15) is 0 Å². The second kappa shape index (κ2) is 8.27. The Labute approximate surface area is 131 Å². The molecule has 0 spiro atoms. The van der Waals surface area contributed by atoms with Gasteiger partial charge in [0.2, 0.25) is 0 Å². The molecule has 1 amide bonds. The van der Waals surface area contributed by atoms with Crippen LogP contribution in [-0.2, 0) is 6.54 Å². The first-order valence-electron chi connectivity index (χ1n) is 7.71. The molecule has 22 heavy (non-hydrogen) atoms. The average Bonchev–Trinajstić information content (AvgIpc) is 3.04. The lowest BCUT2D eigenvalue weighted by molar-refractivity contribution is 0.0775. The summed E-state index contributed by atoms with van der Waals surface area (Å²) in [4.78, 5) is 14.0. The normalized spacial score (nSPS) is 10.5. The zero-order valence-electron chi connectivity index (χ0n) is 13.2. The quantitative estimate of drug-likeness (QED) is 0.689. The number of rotatable bonds is 8. The number of carbonyl (C=O) groups is 1. The number of unbranched alkanes of at least 4 members (excludes halogenated alkanes) is 2. The number of furan rings is 1. The van der Waals surface area contributed by atoms with Gasteiger partial charge in [-0.3, -0.25) is 4.79 Å². The number of hydrogen-bond donors (Lipinski definition) is 0. The molecular formula is C18H23NO3. The van der Waals surface area contributed by atoms with Crippen molar-refractivity contribution in [2.24, 2.45) is 0 Å². The second-order valence-electron chi connectivity index (χ2n) is 5.32. The number of carbonyl (C=O) groups excluding carboxylic acids is 1. The lowest BCUT2D eigenvalue weighted by Crippen LogP contribution is -2.25. The molecule has 1 heterocycles. The standard InChI is InChI=1S/C18H23NO3/c1-3-4-5-12-21-16-10-8-15(9-11-16)18(20)19(2)14-17-7-6-13-22-17/h6-11,13H,3-5,12,14H2,1-2H3. The number of ether oxygens (including phenoxy) is 1. The Morgan fingerprint density at radius 3 is 2.59 bits per heavy atom. The van der Waals surface area contributed by atoms with Gasteiger partial charge in [0, 0.05) is 12.6 Å². The molecule has 0 radical (unpaired) electrons. The summed E-state index contributed by atoms with van der Waals surface area (Å²) in [7, 11) is 1.76. The zero-order chi connectivity index (χ0) is 15.8. The van der Waals surface area contributed by atoms with Crippen LogP contribution in [0.15, 0.2) is 47.1 Å². The highest BCUT2D eigenvalue weighted by molar-refractivity contribution is 5.94. The Morgan fingerprint density at radius 1 is 1.18 bits per heavy atom. The van der Waals surface area contributed by atoms with E-state index in [9.17, 15) is 4.79 Å². The summed E-state index contributed by atoms with van der Waals surface area (Å²) in [5.74, 6) is 1.54. The average molecular weight is 301 g/mol. The van der Waals surface area contributed by atoms with E-state index in [4.69, 9.17) is 9.15 Å². The lowest BCUT2D eigenvalue weighted by atomic mass is 10.2. The van der Waals surface area contributed by atoms with Gasteiger partial charge in [-0.1, -0.05) is 19.8 Å². The van der Waals surface area contributed by atoms with Gasteiger partial charge < -0.3 is 14.1 Å². The molecule has 0 saturated carbocycles. The maximum atomic E-state index is 12.3. The predicted molar refractivity (Wildman–Crippen MR) is 86.0 cm³/mol. The van der Waals surface area contributed by atoms with Gasteiger partial charge in [-0.25, -0.2) is 0 Å². The van der Waals surface area contributed by atoms with Crippen molar-refractivity contribution in [3.8, 4) is 5.75 Å². The number of amides is 1. The van der Waals surface area contributed by atoms with Crippen LogP contribution in [0.25, 0.3) is 0 Å². The first kappa shape index (κ1) is 16.1. The summed E-state index contributed by atoms with van der Waals surface area (Å²) in [5, 5.41) is 0. The first-order chi connectivity index (χ1) is 10.7. The fraction of sp³-hybridized carbons (Fsp3) is 0.389. The van der Waals surface area contributed by atoms with Gasteiger partial charge in [0.25, 0.3) is 5.91 Å². The van der Waals surface area contributed by atoms with Crippen molar-refractivity contribution < 1.29 is 13.9 Å². The third-order valence-electron chi connectivity index (χ3n) is 3.44. The summed E-state index contributed by atoms with van der Waals surface area (Å²) >= 11 is 0. The molecule has 0 atom stereocenters. The Hall–Kier alpha value is -2.23. The van der Waals surface area contributed by atoms with Gasteiger partial charge in [0.15, 0.2) is 0 Å². The highest BCUT2D eigenvalue weighted by Gasteiger charge is 2.13. The summed E-state index contributed by atoms with van der Waals surface area (Å²) < 4.78 is 10.9. The van der Waals surface area contributed by atoms with E-state index in [1.807, 2.05) is 24.3 Å². The highest BCUT2D eigenvalue weighted by atomic mass is 16.5. The van der Waals surface area contributed by atoms with Crippen LogP contribution in [0.4, 0.5) is 0 Å². The summed E-state index contributed by atoms with van der Waals surface area (Å²) in [6.45, 7) is 3.35. The van der Waals surface area contributed by atoms with Crippen LogP contribution in [-0.4, -0.2) is 24.5 Å². The van der Waals surface area contributed by atoms with Crippen LogP contribution in [0, 0.1) is 0 Å². The molecule has 0 aliphatic heterocycles. The predicted octanol–water partition coefficient (Wildman–Crippen LogP) is 4.12. The van der Waals surface area contributed by atoms with E-state index in [2.05, 4.69) is 6.92 Å². The number of hydrogen-bond acceptors (Lipinski definition) is 3. The molecule has 4 nitrogen and oxygen atoms in total. The molecule has 0 bridgehead atoms. The van der Waals surface area contributed by atoms with Gasteiger partial charge in [0.1, 0.15) is 11.5 Å². The van der Waals surface area contributed by atoms with Crippen molar-refractivity contribution in [3.63, 3.8) is 0 Å². The minimum Gasteiger partial charge on any atom is -0.494 e. The molecule has 0 aliphatic rings. The van der Waals surface area contributed by atoms with E-state index in [1.54, 1.807) is 30.3 Å². The number of benzene rings is 1. The zero-order valence-corrected chi connectivity index (χ0v) is 13.2. The fourth-order valence-electron chi connectivity index (χ4n) is 2.16. The van der Waals surface area contributed by atoms with Gasteiger partial charge in [0.05, 0.1) is 19.4 Å². The van der Waals surface area contributed by atoms with E-state index < -0.39 is 0 Å². The van der Waals surface area contributed by atoms with Crippen LogP contribution in [0.3, 0.4) is 0 Å². The molecular weight excluding hydrogens is 278 g/mol. The van der Waals surface area contributed by atoms with E-state index in [0.717, 1.165) is 24.5 Å². The van der Waals surface area contributed by atoms with E-state index in [-0.39, 0.29) is 5.91 Å². The van der Waals surface area contributed by atoms with Crippen LogP contribution in [0.2, 0.25) is 0 Å². The van der Waals surface area contributed by atoms with Crippen molar-refractivity contribution in [1.29, 1.82) is 0 Å². The summed E-state index contributed by atoms with van der Waals surface area (Å²) in [5.41, 5.74) is 0.648. The van der Waals surface area contributed by atoms with Gasteiger partial charge in [-0.05, 0) is 42.8 Å². The van der Waals surface area contributed by atoms with E-state index in [0.29, 0.717) is 12.1 Å². The van der Waals surface area contributed by atoms with Crippen LogP contribution in [0.1, 0.15) is 42.3 Å². The van der Waals surface area contributed by atoms with Crippen LogP contribution >= 0.6 is 0 Å². The molecule has 2 aromatic rings. The van der Waals surface area contributed by atoms with Crippen molar-refractivity contribution >= 4 is 5.91 Å². The molecule has 0 fully saturated rings. The Kier molecular flexibility index (Phi) is 6.07. The molecule has 1 aromatic heterocycles. The van der Waals surface area contributed by atoms with Crippen molar-refractivity contribution in [3.05, 3.63) is 54.0 Å². The smallest absolute Gasteiger partial charge is 0.254 e. The van der Waals surface area contributed by atoms with E-state index >= 15 is 0 Å². The van der Waals surface area contributed by atoms with E-state index in [1.165, 1.54) is 12.8 Å². The molecule has 0 N–H and O–H groups in total. The Balaban J connectivity index is 1.87. The molecule has 1 aromatic carbocycles. The minimum atomic E-state index is -0.0334. The molecule has 4 heteroatoms. The minimum absolute atomic E-state index is 0.0334. The molecule has 0 saturated heterocycles. The molecule has 0 aliphatic carbocycles. The third-order valence-corrected chi connectivity index (χ3v) is 3.44. The fourth-order valence-corrected chi connectivity index (χ4v) is 2.16. The van der Waals surface area contributed by atoms with Gasteiger partial charge >= 0.3 is 0 Å². The highest BCUT2D eigenvalue weighted by Crippen LogP contribution is 2.15. The lowest BCUT2D eigenvalue weighted by Gasteiger charge is -2.16. The molecule has 2 rings (SSSR count). The van der Waals surface area contributed by atoms with Gasteiger partial charge in [-0.15, -0.1) is 0 Å². The third kappa shape index (κ3) is 4.65. The summed E-state index contributed by atoms with van der Waals surface area (Å²) in [6, 6.07) is 11.0. The largest absolute Gasteiger partial charge is 0.494 e. The molecule has 0 unspecified atom stereocenters. The maximum absolute atomic E-state index is 12.3. The monoisotopic (exact) mass is 301 g/mol. The van der Waals surface area contributed by atoms with Crippen molar-refractivity contribution in [2.45, 2.75) is 32.7 Å². The molecule has 118 valence electrons. The first-order valence-corrected chi connectivity index (χ1v) is 7.71. The van der Waals surface area contributed by atoms with Crippen molar-refractivity contribution in [1.82, 2.24) is 4.90 Å². The second-order valence-corrected chi connectivity index (χ2v) is 5.32. The van der Waals surface area contributed by atoms with Crippen LogP contribution in [0.5, 0.6) is 5.75 Å². The Morgan fingerprint density at radius 2 is 1.95 bits per heavy atom. The number of nitrogens with zero attached hydrogens (tertiary/aromatic N) is 1. The Bertz CT molecular complexity index is 561. The topological polar surface area (TPSA) is 42.7 Å². The van der Waals surface area contributed by atoms with Crippen molar-refractivity contribution in [2.75, 3.05) is 13.7 Å². The van der Waals surface area contributed by atoms with Crippen LogP contribution < -0.4 is 4.74 Å². The SMILES string of the molecule is CCCCCOc1ccc(C(=O)N(C)Cc2ccco2)cc1. The maximum Gasteiger partial charge on any atom is 0.254 e.